The summed E-state index contributed by atoms with van der Waals surface area (Å²) in [5.41, 5.74) is 2.59. The molecule has 1 aliphatic heterocycles. The molecule has 0 spiro atoms. The highest BCUT2D eigenvalue weighted by Gasteiger charge is 2.21. The number of ether oxygens (including phenoxy) is 1. The molecule has 1 heterocycles. The predicted octanol–water partition coefficient (Wildman–Crippen LogP) is 3.52. The third-order valence-electron chi connectivity index (χ3n) is 3.81. The molecular weight excluding hydrogens is 236 g/mol. The van der Waals surface area contributed by atoms with Gasteiger partial charge in [-0.3, -0.25) is 4.79 Å². The molecule has 0 aromatic heterocycles. The number of hydrogen-bond acceptors (Lipinski definition) is 2. The van der Waals surface area contributed by atoms with Crippen LogP contribution in [-0.2, 0) is 21.4 Å². The Morgan fingerprint density at radius 1 is 1.26 bits per heavy atom. The van der Waals surface area contributed by atoms with Crippen molar-refractivity contribution >= 4 is 5.78 Å². The van der Waals surface area contributed by atoms with Crippen LogP contribution in [0.25, 0.3) is 0 Å². The Morgan fingerprint density at radius 3 is 2.47 bits per heavy atom. The molecule has 0 N–H and O–H groups in total. The summed E-state index contributed by atoms with van der Waals surface area (Å²) in [6.45, 7) is 8.02. The second-order valence-corrected chi connectivity index (χ2v) is 6.50. The van der Waals surface area contributed by atoms with E-state index in [4.69, 9.17) is 4.74 Å². The normalized spacial score (nSPS) is 20.3. The Hall–Kier alpha value is -1.15. The van der Waals surface area contributed by atoms with Gasteiger partial charge in [0.15, 0.2) is 0 Å². The Bertz CT molecular complexity index is 420. The van der Waals surface area contributed by atoms with E-state index < -0.39 is 0 Å². The molecule has 0 amide bonds. The largest absolute Gasteiger partial charge is 0.381 e. The lowest BCUT2D eigenvalue weighted by atomic mass is 9.86. The van der Waals surface area contributed by atoms with Crippen LogP contribution < -0.4 is 0 Å². The van der Waals surface area contributed by atoms with Gasteiger partial charge in [0.25, 0.3) is 0 Å². The van der Waals surface area contributed by atoms with E-state index in [1.807, 2.05) is 0 Å². The number of hydrogen-bond donors (Lipinski definition) is 0. The van der Waals surface area contributed by atoms with Gasteiger partial charge in [-0.05, 0) is 29.4 Å². The molecule has 0 bridgehead atoms. The fourth-order valence-corrected chi connectivity index (χ4v) is 2.46. The Kier molecular flexibility index (Phi) is 4.41. The van der Waals surface area contributed by atoms with Crippen molar-refractivity contribution in [1.82, 2.24) is 0 Å². The minimum absolute atomic E-state index is 0.107. The highest BCUT2D eigenvalue weighted by molar-refractivity contribution is 5.83. The maximum absolute atomic E-state index is 12.2. The lowest BCUT2D eigenvalue weighted by Crippen LogP contribution is -2.26. The van der Waals surface area contributed by atoms with E-state index in [1.54, 1.807) is 0 Å². The van der Waals surface area contributed by atoms with Crippen LogP contribution in [0.2, 0.25) is 0 Å². The van der Waals surface area contributed by atoms with Gasteiger partial charge in [-0.1, -0.05) is 45.0 Å². The lowest BCUT2D eigenvalue weighted by Gasteiger charge is -2.21. The third kappa shape index (κ3) is 3.90. The molecule has 1 atom stereocenters. The molecule has 104 valence electrons. The molecule has 2 rings (SSSR count). The minimum Gasteiger partial charge on any atom is -0.381 e. The Balaban J connectivity index is 1.97. The van der Waals surface area contributed by atoms with Crippen molar-refractivity contribution in [1.29, 1.82) is 0 Å². The first kappa shape index (κ1) is 14.3. The van der Waals surface area contributed by atoms with Gasteiger partial charge in [-0.25, -0.2) is 0 Å². The van der Waals surface area contributed by atoms with Gasteiger partial charge in [0.2, 0.25) is 0 Å². The average Bonchev–Trinajstić information content (AvgIpc) is 2.39. The van der Waals surface area contributed by atoms with Gasteiger partial charge in [-0.2, -0.15) is 0 Å². The molecule has 1 aliphatic rings. The zero-order chi connectivity index (χ0) is 13.9. The summed E-state index contributed by atoms with van der Waals surface area (Å²) in [7, 11) is 0. The van der Waals surface area contributed by atoms with Crippen LogP contribution in [0, 0.1) is 5.92 Å². The molecule has 1 fully saturated rings. The zero-order valence-electron chi connectivity index (χ0n) is 12.2. The number of carbonyl (C=O) groups excluding carboxylic acids is 1. The van der Waals surface area contributed by atoms with Crippen molar-refractivity contribution in [3.8, 4) is 0 Å². The molecule has 1 aromatic carbocycles. The van der Waals surface area contributed by atoms with E-state index in [0.717, 1.165) is 25.0 Å². The van der Waals surface area contributed by atoms with Gasteiger partial charge in [0.1, 0.15) is 5.78 Å². The van der Waals surface area contributed by atoms with Gasteiger partial charge in [0.05, 0.1) is 6.61 Å². The zero-order valence-corrected chi connectivity index (χ0v) is 12.2. The van der Waals surface area contributed by atoms with Crippen LogP contribution in [0.1, 0.15) is 44.7 Å². The summed E-state index contributed by atoms with van der Waals surface area (Å²) in [5, 5.41) is 0. The fourth-order valence-electron chi connectivity index (χ4n) is 2.46. The van der Waals surface area contributed by atoms with Gasteiger partial charge < -0.3 is 4.74 Å². The second kappa shape index (κ2) is 5.87. The van der Waals surface area contributed by atoms with Crippen molar-refractivity contribution in [3.63, 3.8) is 0 Å². The number of carbonyl (C=O) groups is 1. The van der Waals surface area contributed by atoms with Gasteiger partial charge in [-0.15, -0.1) is 0 Å². The third-order valence-corrected chi connectivity index (χ3v) is 3.81. The van der Waals surface area contributed by atoms with E-state index in [0.29, 0.717) is 18.8 Å². The van der Waals surface area contributed by atoms with Crippen molar-refractivity contribution in [2.75, 3.05) is 13.2 Å². The average molecular weight is 260 g/mol. The minimum atomic E-state index is 0.107. The summed E-state index contributed by atoms with van der Waals surface area (Å²) < 4.78 is 5.38. The molecule has 1 saturated heterocycles. The van der Waals surface area contributed by atoms with E-state index >= 15 is 0 Å². The van der Waals surface area contributed by atoms with Crippen molar-refractivity contribution in [2.45, 2.75) is 45.4 Å². The van der Waals surface area contributed by atoms with Crippen molar-refractivity contribution in [3.05, 3.63) is 35.4 Å². The highest BCUT2D eigenvalue weighted by Crippen LogP contribution is 2.23. The number of rotatable bonds is 3. The van der Waals surface area contributed by atoms with Crippen LogP contribution in [0.3, 0.4) is 0 Å². The lowest BCUT2D eigenvalue weighted by molar-refractivity contribution is -0.126. The second-order valence-electron chi connectivity index (χ2n) is 6.50. The molecule has 0 aliphatic carbocycles. The summed E-state index contributed by atoms with van der Waals surface area (Å²) >= 11 is 0. The maximum atomic E-state index is 12.2. The topological polar surface area (TPSA) is 26.3 Å². The summed E-state index contributed by atoms with van der Waals surface area (Å²) in [5.74, 6) is 0.430. The fraction of sp³-hybridized carbons (Fsp3) is 0.588. The predicted molar refractivity (Wildman–Crippen MR) is 77.4 cm³/mol. The maximum Gasteiger partial charge on any atom is 0.142 e. The van der Waals surface area contributed by atoms with Crippen LogP contribution in [0.5, 0.6) is 0 Å². The van der Waals surface area contributed by atoms with Crippen LogP contribution in [-0.4, -0.2) is 19.0 Å². The van der Waals surface area contributed by atoms with Crippen molar-refractivity contribution < 1.29 is 9.53 Å². The first-order chi connectivity index (χ1) is 8.97. The Morgan fingerprint density at radius 2 is 1.95 bits per heavy atom. The molecule has 2 heteroatoms. The smallest absolute Gasteiger partial charge is 0.142 e. The number of Topliss-reactive ketones (excluding diaryl/α,β-unsaturated/α-hetero) is 1. The van der Waals surface area contributed by atoms with Gasteiger partial charge >= 0.3 is 0 Å². The molecule has 1 unspecified atom stereocenters. The summed E-state index contributed by atoms with van der Waals surface area (Å²) in [6, 6.07) is 8.45. The quantitative estimate of drug-likeness (QED) is 0.831. The van der Waals surface area contributed by atoms with Crippen molar-refractivity contribution in [2.24, 2.45) is 5.92 Å². The van der Waals surface area contributed by atoms with Crippen LogP contribution >= 0.6 is 0 Å². The van der Waals surface area contributed by atoms with E-state index in [9.17, 15) is 4.79 Å². The summed E-state index contributed by atoms with van der Waals surface area (Å²) in [6.07, 6.45) is 2.54. The number of ketones is 1. The van der Waals surface area contributed by atoms with E-state index in [1.165, 1.54) is 5.56 Å². The molecule has 0 radical (unpaired) electrons. The van der Waals surface area contributed by atoms with E-state index in [-0.39, 0.29) is 11.3 Å². The first-order valence-electron chi connectivity index (χ1n) is 7.17. The molecule has 2 nitrogen and oxygen atoms in total. The molecular formula is C17H24O2. The molecule has 1 aromatic rings. The molecule has 19 heavy (non-hydrogen) atoms. The van der Waals surface area contributed by atoms with Crippen LogP contribution in [0.4, 0.5) is 0 Å². The van der Waals surface area contributed by atoms with Gasteiger partial charge in [0, 0.05) is 18.9 Å². The first-order valence-corrected chi connectivity index (χ1v) is 7.17. The number of benzene rings is 1. The van der Waals surface area contributed by atoms with Crippen LogP contribution in [0.15, 0.2) is 24.3 Å². The summed E-state index contributed by atoms with van der Waals surface area (Å²) in [4.78, 5) is 12.2. The highest BCUT2D eigenvalue weighted by atomic mass is 16.5. The SMILES string of the molecule is CC(C)(C)c1ccc(CC(=O)C2CCCOC2)cc1. The Labute approximate surface area is 116 Å². The van der Waals surface area contributed by atoms with E-state index in [2.05, 4.69) is 45.0 Å². The standard InChI is InChI=1S/C17H24O2/c1-17(2,3)15-8-6-13(7-9-15)11-16(18)14-5-4-10-19-12-14/h6-9,14H,4-5,10-12H2,1-3H3. The molecule has 0 saturated carbocycles. The monoisotopic (exact) mass is 260 g/mol.